The molecule has 2 N–H and O–H groups in total. The molecule has 170 valence electrons. The number of fused-ring (bicyclic) bond motifs is 1. The van der Waals surface area contributed by atoms with E-state index in [-0.39, 0.29) is 12.5 Å². The second kappa shape index (κ2) is 11.4. The van der Waals surface area contributed by atoms with Crippen LogP contribution >= 0.6 is 0 Å². The predicted molar refractivity (Wildman–Crippen MR) is 121 cm³/mol. The standard InChI is InChI=1S/C25H30N2O5/c1-2-32-25(31)21(16-15-18-9-4-3-5-10-18)26-20-13-8-12-19-11-6-7-14-22(19)27(24(20)30)17-23(28)29/h3-7,9-11,14,20-21,26H,2,8,12-13,15-17H2,1H3,(H,28,29). The van der Waals surface area contributed by atoms with Gasteiger partial charge in [0, 0.05) is 5.69 Å². The molecule has 0 fully saturated rings. The molecule has 0 spiro atoms. The van der Waals surface area contributed by atoms with E-state index in [2.05, 4.69) is 5.32 Å². The minimum absolute atomic E-state index is 0.249. The zero-order chi connectivity index (χ0) is 22.9. The molecule has 2 unspecified atom stereocenters. The maximum absolute atomic E-state index is 13.4. The molecule has 0 bridgehead atoms. The Bertz CT molecular complexity index is 931. The molecule has 32 heavy (non-hydrogen) atoms. The third kappa shape index (κ3) is 6.17. The number of hydrogen-bond donors (Lipinski definition) is 2. The number of ether oxygens (including phenoxy) is 1. The Hall–Kier alpha value is -3.19. The topological polar surface area (TPSA) is 95.9 Å². The molecule has 3 rings (SSSR count). The highest BCUT2D eigenvalue weighted by Crippen LogP contribution is 2.26. The molecule has 0 aliphatic carbocycles. The number of para-hydroxylation sites is 1. The number of carbonyl (C=O) groups is 3. The summed E-state index contributed by atoms with van der Waals surface area (Å²) >= 11 is 0. The van der Waals surface area contributed by atoms with Gasteiger partial charge in [0.05, 0.1) is 12.6 Å². The second-order valence-electron chi connectivity index (χ2n) is 7.89. The summed E-state index contributed by atoms with van der Waals surface area (Å²) in [5.41, 5.74) is 2.66. The molecule has 1 aliphatic rings. The quantitative estimate of drug-likeness (QED) is 0.585. The molecule has 7 heteroatoms. The molecule has 7 nitrogen and oxygen atoms in total. The summed E-state index contributed by atoms with van der Waals surface area (Å²) in [5.74, 6) is -1.82. The van der Waals surface area contributed by atoms with Crippen molar-refractivity contribution < 1.29 is 24.2 Å². The van der Waals surface area contributed by atoms with Crippen molar-refractivity contribution in [2.75, 3.05) is 18.1 Å². The Morgan fingerprint density at radius 2 is 1.88 bits per heavy atom. The second-order valence-corrected chi connectivity index (χ2v) is 7.89. The molecule has 0 aromatic heterocycles. The van der Waals surface area contributed by atoms with E-state index in [1.807, 2.05) is 42.5 Å². The fourth-order valence-corrected chi connectivity index (χ4v) is 4.08. The fraction of sp³-hybridized carbons (Fsp3) is 0.400. The van der Waals surface area contributed by atoms with Crippen LogP contribution in [0.1, 0.15) is 37.3 Å². The molecule has 1 amide bonds. The molecular formula is C25H30N2O5. The van der Waals surface area contributed by atoms with Gasteiger partial charge in [0.2, 0.25) is 5.91 Å². The summed E-state index contributed by atoms with van der Waals surface area (Å²) in [6.45, 7) is 1.57. The molecular weight excluding hydrogens is 408 g/mol. The van der Waals surface area contributed by atoms with Gasteiger partial charge in [-0.1, -0.05) is 48.5 Å². The lowest BCUT2D eigenvalue weighted by molar-refractivity contribution is -0.146. The van der Waals surface area contributed by atoms with E-state index in [9.17, 15) is 19.5 Å². The predicted octanol–water partition coefficient (Wildman–Crippen LogP) is 2.96. The first-order valence-electron chi connectivity index (χ1n) is 11.1. The van der Waals surface area contributed by atoms with Gasteiger partial charge in [0.15, 0.2) is 0 Å². The van der Waals surface area contributed by atoms with E-state index in [4.69, 9.17) is 4.74 Å². The van der Waals surface area contributed by atoms with Crippen LogP contribution in [0.2, 0.25) is 0 Å². The van der Waals surface area contributed by atoms with Crippen molar-refractivity contribution in [3.05, 3.63) is 65.7 Å². The summed E-state index contributed by atoms with van der Waals surface area (Å²) in [6, 6.07) is 15.9. The minimum atomic E-state index is -1.08. The molecule has 0 radical (unpaired) electrons. The van der Waals surface area contributed by atoms with Gasteiger partial charge in [-0.2, -0.15) is 0 Å². The SMILES string of the molecule is CCOC(=O)C(CCc1ccccc1)NC1CCCc2ccccc2N(CC(=O)O)C1=O. The highest BCUT2D eigenvalue weighted by molar-refractivity contribution is 6.01. The number of hydrogen-bond acceptors (Lipinski definition) is 5. The zero-order valence-electron chi connectivity index (χ0n) is 18.3. The van der Waals surface area contributed by atoms with Crippen LogP contribution in [0.5, 0.6) is 0 Å². The van der Waals surface area contributed by atoms with E-state index in [1.165, 1.54) is 4.90 Å². The summed E-state index contributed by atoms with van der Waals surface area (Å²) in [6.07, 6.45) is 3.11. The number of aliphatic carboxylic acids is 1. The average Bonchev–Trinajstić information content (AvgIpc) is 2.79. The first-order chi connectivity index (χ1) is 15.5. The van der Waals surface area contributed by atoms with E-state index >= 15 is 0 Å². The van der Waals surface area contributed by atoms with Crippen LogP contribution in [0.15, 0.2) is 54.6 Å². The van der Waals surface area contributed by atoms with Crippen molar-refractivity contribution in [2.45, 2.75) is 51.1 Å². The largest absolute Gasteiger partial charge is 0.480 e. The molecule has 2 aromatic rings. The lowest BCUT2D eigenvalue weighted by Crippen LogP contribution is -2.54. The van der Waals surface area contributed by atoms with Gasteiger partial charge < -0.3 is 9.84 Å². The summed E-state index contributed by atoms with van der Waals surface area (Å²) in [5, 5.41) is 12.6. The number of nitrogens with zero attached hydrogens (tertiary/aromatic N) is 1. The van der Waals surface area contributed by atoms with Crippen LogP contribution in [0.3, 0.4) is 0 Å². The van der Waals surface area contributed by atoms with Gasteiger partial charge >= 0.3 is 11.9 Å². The number of aryl methyl sites for hydroxylation is 2. The molecule has 2 aromatic carbocycles. The number of carboxylic acids is 1. The lowest BCUT2D eigenvalue weighted by Gasteiger charge is -2.32. The Balaban J connectivity index is 1.81. The van der Waals surface area contributed by atoms with Crippen LogP contribution in [-0.4, -0.2) is 48.2 Å². The van der Waals surface area contributed by atoms with Gasteiger partial charge in [0.25, 0.3) is 0 Å². The number of carboxylic acid groups (broad SMARTS) is 1. The molecule has 2 atom stereocenters. The maximum Gasteiger partial charge on any atom is 0.323 e. The van der Waals surface area contributed by atoms with E-state index in [0.717, 1.165) is 24.0 Å². The van der Waals surface area contributed by atoms with Gasteiger partial charge in [-0.05, 0) is 56.2 Å². The lowest BCUT2D eigenvalue weighted by atomic mass is 9.97. The van der Waals surface area contributed by atoms with Crippen LogP contribution in [0.4, 0.5) is 5.69 Å². The normalized spacial score (nSPS) is 17.1. The van der Waals surface area contributed by atoms with Gasteiger partial charge in [-0.15, -0.1) is 0 Å². The van der Waals surface area contributed by atoms with E-state index in [0.29, 0.717) is 24.9 Å². The van der Waals surface area contributed by atoms with Crippen molar-refractivity contribution in [3.63, 3.8) is 0 Å². The van der Waals surface area contributed by atoms with Crippen molar-refractivity contribution in [2.24, 2.45) is 0 Å². The van der Waals surface area contributed by atoms with Crippen molar-refractivity contribution >= 4 is 23.5 Å². The highest BCUT2D eigenvalue weighted by atomic mass is 16.5. The van der Waals surface area contributed by atoms with Crippen molar-refractivity contribution in [3.8, 4) is 0 Å². The summed E-state index contributed by atoms with van der Waals surface area (Å²) in [7, 11) is 0. The van der Waals surface area contributed by atoms with Crippen LogP contribution < -0.4 is 10.2 Å². The highest BCUT2D eigenvalue weighted by Gasteiger charge is 2.33. The minimum Gasteiger partial charge on any atom is -0.480 e. The molecule has 0 saturated heterocycles. The number of carbonyl (C=O) groups excluding carboxylic acids is 2. The number of rotatable bonds is 9. The Morgan fingerprint density at radius 1 is 1.16 bits per heavy atom. The smallest absolute Gasteiger partial charge is 0.323 e. The Kier molecular flexibility index (Phi) is 8.39. The monoisotopic (exact) mass is 438 g/mol. The van der Waals surface area contributed by atoms with Crippen molar-refractivity contribution in [1.82, 2.24) is 5.32 Å². The Labute approximate surface area is 188 Å². The van der Waals surface area contributed by atoms with E-state index in [1.54, 1.807) is 19.1 Å². The maximum atomic E-state index is 13.4. The number of nitrogens with one attached hydrogen (secondary N) is 1. The number of benzene rings is 2. The summed E-state index contributed by atoms with van der Waals surface area (Å²) in [4.78, 5) is 38.9. The van der Waals surface area contributed by atoms with Gasteiger partial charge in [-0.3, -0.25) is 24.6 Å². The fourth-order valence-electron chi connectivity index (χ4n) is 4.08. The Morgan fingerprint density at radius 3 is 2.59 bits per heavy atom. The van der Waals surface area contributed by atoms with Crippen molar-refractivity contribution in [1.29, 1.82) is 0 Å². The first kappa shape index (κ1) is 23.5. The number of esters is 1. The molecule has 1 aliphatic heterocycles. The summed E-state index contributed by atoms with van der Waals surface area (Å²) < 4.78 is 5.25. The van der Waals surface area contributed by atoms with Gasteiger partial charge in [-0.25, -0.2) is 0 Å². The molecule has 0 saturated carbocycles. The zero-order valence-corrected chi connectivity index (χ0v) is 18.3. The van der Waals surface area contributed by atoms with Crippen LogP contribution in [0, 0.1) is 0 Å². The first-order valence-corrected chi connectivity index (χ1v) is 11.1. The third-order valence-electron chi connectivity index (χ3n) is 5.62. The van der Waals surface area contributed by atoms with Crippen LogP contribution in [-0.2, 0) is 32.0 Å². The van der Waals surface area contributed by atoms with Gasteiger partial charge in [0.1, 0.15) is 12.6 Å². The third-order valence-corrected chi connectivity index (χ3v) is 5.62. The number of anilines is 1. The van der Waals surface area contributed by atoms with Crippen LogP contribution in [0.25, 0.3) is 0 Å². The van der Waals surface area contributed by atoms with E-state index < -0.39 is 30.6 Å². The number of amides is 1. The molecule has 1 heterocycles. The average molecular weight is 439 g/mol.